The van der Waals surface area contributed by atoms with Gasteiger partial charge in [-0.2, -0.15) is 0 Å². The van der Waals surface area contributed by atoms with Gasteiger partial charge in [0, 0.05) is 35.3 Å². The number of rotatable bonds is 5. The van der Waals surface area contributed by atoms with Gasteiger partial charge in [-0.15, -0.1) is 0 Å². The van der Waals surface area contributed by atoms with Crippen molar-refractivity contribution < 1.29 is 14.3 Å². The molecule has 0 unspecified atom stereocenters. The summed E-state index contributed by atoms with van der Waals surface area (Å²) in [7, 11) is 0. The van der Waals surface area contributed by atoms with E-state index < -0.39 is 0 Å². The number of carbonyl (C=O) groups excluding carboxylic acids is 1. The first-order chi connectivity index (χ1) is 15.1. The highest BCUT2D eigenvalue weighted by molar-refractivity contribution is 6.15. The first kappa shape index (κ1) is 19.2. The van der Waals surface area contributed by atoms with Gasteiger partial charge in [-0.1, -0.05) is 42.5 Å². The van der Waals surface area contributed by atoms with Gasteiger partial charge in [-0.05, 0) is 49.2 Å². The smallest absolute Gasteiger partial charge is 0.231 e. The van der Waals surface area contributed by atoms with Crippen molar-refractivity contribution in [3.05, 3.63) is 101 Å². The van der Waals surface area contributed by atoms with Gasteiger partial charge in [-0.25, -0.2) is 0 Å². The number of para-hydroxylation sites is 1. The van der Waals surface area contributed by atoms with Crippen molar-refractivity contribution in [1.29, 1.82) is 0 Å². The standard InChI is InChI=1S/C27H23NO3/c1-3-28-16-20(22-10-6-7-11-24(22)28)14-26-27(29)23-13-12-21(15-25(23)31-26)30-17-19-9-5-4-8-18(19)2/h4-16H,3,17H2,1-2H3/b26-14-. The van der Waals surface area contributed by atoms with Crippen molar-refractivity contribution in [2.75, 3.05) is 0 Å². The zero-order chi connectivity index (χ0) is 21.4. The summed E-state index contributed by atoms with van der Waals surface area (Å²) in [6.07, 6.45) is 3.90. The first-order valence-corrected chi connectivity index (χ1v) is 10.5. The number of hydrogen-bond acceptors (Lipinski definition) is 3. The summed E-state index contributed by atoms with van der Waals surface area (Å²) >= 11 is 0. The molecule has 0 bridgehead atoms. The highest BCUT2D eigenvalue weighted by Gasteiger charge is 2.28. The van der Waals surface area contributed by atoms with Gasteiger partial charge in [0.2, 0.25) is 5.78 Å². The molecule has 0 spiro atoms. The number of aryl methyl sites for hydroxylation is 2. The van der Waals surface area contributed by atoms with E-state index in [9.17, 15) is 4.79 Å². The van der Waals surface area contributed by atoms with E-state index in [4.69, 9.17) is 9.47 Å². The maximum absolute atomic E-state index is 12.9. The molecule has 1 aliphatic rings. The molecule has 0 amide bonds. The van der Waals surface area contributed by atoms with E-state index in [0.717, 1.165) is 28.6 Å². The number of ketones is 1. The van der Waals surface area contributed by atoms with Gasteiger partial charge < -0.3 is 14.0 Å². The van der Waals surface area contributed by atoms with Gasteiger partial charge in [-0.3, -0.25) is 4.79 Å². The van der Waals surface area contributed by atoms with Gasteiger partial charge in [0.15, 0.2) is 5.76 Å². The van der Waals surface area contributed by atoms with Crippen LogP contribution >= 0.6 is 0 Å². The van der Waals surface area contributed by atoms with Crippen LogP contribution < -0.4 is 9.47 Å². The van der Waals surface area contributed by atoms with Gasteiger partial charge in [0.05, 0.1) is 5.56 Å². The Balaban J connectivity index is 1.41. The molecule has 0 saturated carbocycles. The van der Waals surface area contributed by atoms with Crippen LogP contribution in [-0.4, -0.2) is 10.4 Å². The summed E-state index contributed by atoms with van der Waals surface area (Å²) < 4.78 is 14.1. The van der Waals surface area contributed by atoms with E-state index in [1.807, 2.05) is 36.4 Å². The fourth-order valence-corrected chi connectivity index (χ4v) is 3.98. The van der Waals surface area contributed by atoms with Gasteiger partial charge in [0.25, 0.3) is 0 Å². The molecule has 0 fully saturated rings. The third kappa shape index (κ3) is 3.50. The molecule has 1 aliphatic heterocycles. The second kappa shape index (κ2) is 7.80. The summed E-state index contributed by atoms with van der Waals surface area (Å²) in [5, 5.41) is 1.10. The first-order valence-electron chi connectivity index (χ1n) is 10.5. The van der Waals surface area contributed by atoms with Crippen molar-refractivity contribution in [3.8, 4) is 11.5 Å². The molecule has 5 rings (SSSR count). The monoisotopic (exact) mass is 409 g/mol. The molecule has 3 aromatic carbocycles. The maximum Gasteiger partial charge on any atom is 0.231 e. The Morgan fingerprint density at radius 1 is 1.03 bits per heavy atom. The molecule has 0 radical (unpaired) electrons. The average Bonchev–Trinajstić information content (AvgIpc) is 3.30. The minimum Gasteiger partial charge on any atom is -0.489 e. The fraction of sp³-hybridized carbons (Fsp3) is 0.148. The molecule has 4 aromatic rings. The van der Waals surface area contributed by atoms with E-state index in [1.165, 1.54) is 5.56 Å². The summed E-state index contributed by atoms with van der Waals surface area (Å²) in [5.41, 5.74) is 5.00. The third-order valence-electron chi connectivity index (χ3n) is 5.74. The zero-order valence-corrected chi connectivity index (χ0v) is 17.6. The number of Topliss-reactive ketones (excluding diaryl/α,β-unsaturated/α-hetero) is 1. The van der Waals surface area contributed by atoms with E-state index in [2.05, 4.69) is 48.9 Å². The molecule has 0 aliphatic carbocycles. The van der Waals surface area contributed by atoms with Crippen LogP contribution in [0.25, 0.3) is 17.0 Å². The number of nitrogens with zero attached hydrogens (tertiary/aromatic N) is 1. The lowest BCUT2D eigenvalue weighted by molar-refractivity contribution is 0.101. The molecule has 0 atom stereocenters. The Labute approximate surface area is 181 Å². The molecule has 31 heavy (non-hydrogen) atoms. The molecule has 154 valence electrons. The van der Waals surface area contributed by atoms with Crippen molar-refractivity contribution in [2.45, 2.75) is 27.0 Å². The molecule has 4 nitrogen and oxygen atoms in total. The molecular weight excluding hydrogens is 386 g/mol. The van der Waals surface area contributed by atoms with Crippen LogP contribution in [0.3, 0.4) is 0 Å². The van der Waals surface area contributed by atoms with Crippen LogP contribution in [0.5, 0.6) is 11.5 Å². The van der Waals surface area contributed by atoms with Crippen molar-refractivity contribution >= 4 is 22.8 Å². The Bertz CT molecular complexity index is 1330. The Kier molecular flexibility index (Phi) is 4.83. The summed E-state index contributed by atoms with van der Waals surface area (Å²) in [6, 6.07) is 21.7. The maximum atomic E-state index is 12.9. The molecule has 0 N–H and O–H groups in total. The van der Waals surface area contributed by atoms with Gasteiger partial charge >= 0.3 is 0 Å². The van der Waals surface area contributed by atoms with Crippen molar-refractivity contribution in [1.82, 2.24) is 4.57 Å². The highest BCUT2D eigenvalue weighted by atomic mass is 16.5. The van der Waals surface area contributed by atoms with E-state index in [-0.39, 0.29) is 5.78 Å². The lowest BCUT2D eigenvalue weighted by Gasteiger charge is -2.09. The van der Waals surface area contributed by atoms with E-state index in [1.54, 1.807) is 12.1 Å². The molecule has 1 aromatic heterocycles. The summed E-state index contributed by atoms with van der Waals surface area (Å²) in [6.45, 7) is 5.50. The average molecular weight is 409 g/mol. The second-order valence-electron chi connectivity index (χ2n) is 7.70. The number of aromatic nitrogens is 1. The lowest BCUT2D eigenvalue weighted by Crippen LogP contribution is -1.98. The highest BCUT2D eigenvalue weighted by Crippen LogP contribution is 2.36. The van der Waals surface area contributed by atoms with E-state index >= 15 is 0 Å². The van der Waals surface area contributed by atoms with Gasteiger partial charge in [0.1, 0.15) is 18.1 Å². The second-order valence-corrected chi connectivity index (χ2v) is 7.70. The van der Waals surface area contributed by atoms with Crippen LogP contribution in [0, 0.1) is 6.92 Å². The van der Waals surface area contributed by atoms with E-state index in [0.29, 0.717) is 29.4 Å². The minimum absolute atomic E-state index is 0.103. The van der Waals surface area contributed by atoms with Crippen LogP contribution in [0.2, 0.25) is 0 Å². The molecular formula is C27H23NO3. The van der Waals surface area contributed by atoms with Crippen LogP contribution in [0.1, 0.15) is 34.0 Å². The summed E-state index contributed by atoms with van der Waals surface area (Å²) in [4.78, 5) is 12.9. The number of fused-ring (bicyclic) bond motifs is 2. The number of benzene rings is 3. The number of carbonyl (C=O) groups is 1. The topological polar surface area (TPSA) is 40.5 Å². The largest absolute Gasteiger partial charge is 0.489 e. The molecule has 2 heterocycles. The predicted molar refractivity (Wildman–Crippen MR) is 123 cm³/mol. The molecule has 0 saturated heterocycles. The predicted octanol–water partition coefficient (Wildman–Crippen LogP) is 6.16. The van der Waals surface area contributed by atoms with Crippen LogP contribution in [0.15, 0.2) is 78.7 Å². The Morgan fingerprint density at radius 2 is 1.84 bits per heavy atom. The number of ether oxygens (including phenoxy) is 2. The van der Waals surface area contributed by atoms with Crippen LogP contribution in [0.4, 0.5) is 0 Å². The third-order valence-corrected chi connectivity index (χ3v) is 5.74. The van der Waals surface area contributed by atoms with Crippen molar-refractivity contribution in [3.63, 3.8) is 0 Å². The molecule has 4 heteroatoms. The fourth-order valence-electron chi connectivity index (χ4n) is 3.98. The zero-order valence-electron chi connectivity index (χ0n) is 17.6. The summed E-state index contributed by atoms with van der Waals surface area (Å²) in [5.74, 6) is 1.45. The normalized spacial score (nSPS) is 14.1. The number of allylic oxidation sites excluding steroid dienone is 1. The SMILES string of the molecule is CCn1cc(/C=C2\Oc3cc(OCc4ccccc4C)ccc3C2=O)c2ccccc21. The number of hydrogen-bond donors (Lipinski definition) is 0. The lowest BCUT2D eigenvalue weighted by atomic mass is 10.1. The minimum atomic E-state index is -0.103. The quantitative estimate of drug-likeness (QED) is 0.370. The Hall–Kier alpha value is -3.79. The van der Waals surface area contributed by atoms with Crippen LogP contribution in [-0.2, 0) is 13.2 Å². The van der Waals surface area contributed by atoms with Crippen molar-refractivity contribution in [2.24, 2.45) is 0 Å². The Morgan fingerprint density at radius 3 is 2.68 bits per heavy atom.